The lowest BCUT2D eigenvalue weighted by atomic mass is 10.1. The van der Waals surface area contributed by atoms with Gasteiger partial charge in [-0.1, -0.05) is 18.2 Å². The third kappa shape index (κ3) is 4.15. The lowest BCUT2D eigenvalue weighted by molar-refractivity contribution is -0.128. The van der Waals surface area contributed by atoms with E-state index in [2.05, 4.69) is 21.2 Å². The first-order chi connectivity index (χ1) is 9.97. The van der Waals surface area contributed by atoms with Crippen molar-refractivity contribution in [3.8, 4) is 0 Å². The molecule has 0 unspecified atom stereocenters. The van der Waals surface area contributed by atoms with Gasteiger partial charge >= 0.3 is 0 Å². The van der Waals surface area contributed by atoms with Crippen molar-refractivity contribution < 1.29 is 9.59 Å². The Balaban J connectivity index is 2.16. The maximum Gasteiger partial charge on any atom is 0.265 e. The number of carbonyl (C=O) groups is 2. The predicted molar refractivity (Wildman–Crippen MR) is 88.6 cm³/mol. The van der Waals surface area contributed by atoms with Gasteiger partial charge in [0, 0.05) is 26.2 Å². The Hall–Kier alpha value is -1.66. The number of anilines is 1. The molecule has 6 heteroatoms. The third-order valence-corrected chi connectivity index (χ3v) is 4.63. The van der Waals surface area contributed by atoms with Crippen LogP contribution in [0.15, 0.2) is 40.2 Å². The molecule has 0 aliphatic rings. The van der Waals surface area contributed by atoms with Gasteiger partial charge in [0.05, 0.1) is 8.66 Å². The molecule has 0 spiro atoms. The minimum atomic E-state index is -0.149. The van der Waals surface area contributed by atoms with Crippen molar-refractivity contribution in [1.29, 1.82) is 0 Å². The van der Waals surface area contributed by atoms with Crippen LogP contribution < -0.4 is 5.32 Å². The lowest BCUT2D eigenvalue weighted by Crippen LogP contribution is -2.24. The van der Waals surface area contributed by atoms with Crippen LogP contribution in [0, 0.1) is 0 Å². The highest BCUT2D eigenvalue weighted by molar-refractivity contribution is 9.11. The first-order valence-corrected chi connectivity index (χ1v) is 7.94. The summed E-state index contributed by atoms with van der Waals surface area (Å²) in [5.74, 6) is -0.165. The zero-order valence-electron chi connectivity index (χ0n) is 11.7. The zero-order valence-corrected chi connectivity index (χ0v) is 14.1. The van der Waals surface area contributed by atoms with Crippen LogP contribution in [0.1, 0.15) is 22.2 Å². The molecular formula is C15H15BrN2O2S. The second kappa shape index (κ2) is 6.87. The van der Waals surface area contributed by atoms with Gasteiger partial charge < -0.3 is 10.2 Å². The van der Waals surface area contributed by atoms with E-state index in [1.165, 1.54) is 18.3 Å². The molecule has 1 aromatic heterocycles. The van der Waals surface area contributed by atoms with Crippen LogP contribution in [0.4, 0.5) is 5.69 Å². The number of carbonyl (C=O) groups excluding carboxylic acids is 2. The average molecular weight is 367 g/mol. The molecule has 2 aromatic rings. The molecule has 0 saturated carbocycles. The van der Waals surface area contributed by atoms with E-state index < -0.39 is 0 Å². The van der Waals surface area contributed by atoms with Crippen molar-refractivity contribution in [2.45, 2.75) is 13.5 Å². The molecule has 0 saturated heterocycles. The van der Waals surface area contributed by atoms with E-state index in [0.717, 1.165) is 15.0 Å². The number of nitrogens with one attached hydrogen (secondary N) is 1. The van der Waals surface area contributed by atoms with Crippen LogP contribution in [0.5, 0.6) is 0 Å². The fourth-order valence-electron chi connectivity index (χ4n) is 1.77. The van der Waals surface area contributed by atoms with Crippen LogP contribution in [0.3, 0.4) is 0 Å². The lowest BCUT2D eigenvalue weighted by Gasteiger charge is -2.17. The molecule has 1 heterocycles. The molecule has 1 N–H and O–H groups in total. The average Bonchev–Trinajstić information content (AvgIpc) is 2.87. The molecule has 4 nitrogen and oxygen atoms in total. The smallest absolute Gasteiger partial charge is 0.265 e. The molecule has 110 valence electrons. The van der Waals surface area contributed by atoms with E-state index in [1.54, 1.807) is 18.0 Å². The SMILES string of the molecule is CC(=O)N(C)Cc1ccccc1NC(=O)c1ccc(Br)s1. The van der Waals surface area contributed by atoms with E-state index in [-0.39, 0.29) is 11.8 Å². The zero-order chi connectivity index (χ0) is 15.4. The van der Waals surface area contributed by atoms with Crippen LogP contribution in [-0.2, 0) is 11.3 Å². The van der Waals surface area contributed by atoms with Crippen molar-refractivity contribution in [3.63, 3.8) is 0 Å². The molecule has 1 aromatic carbocycles. The standard InChI is InChI=1S/C15H15BrN2O2S/c1-10(19)18(2)9-11-5-3-4-6-12(11)17-15(20)13-7-8-14(16)21-13/h3-8H,9H2,1-2H3,(H,17,20). The Morgan fingerprint density at radius 2 is 1.95 bits per heavy atom. The summed E-state index contributed by atoms with van der Waals surface area (Å²) >= 11 is 4.72. The van der Waals surface area contributed by atoms with Crippen molar-refractivity contribution in [2.75, 3.05) is 12.4 Å². The van der Waals surface area contributed by atoms with Gasteiger partial charge in [-0.15, -0.1) is 11.3 Å². The minimum absolute atomic E-state index is 0.0154. The van der Waals surface area contributed by atoms with Gasteiger partial charge in [0.1, 0.15) is 0 Å². The molecule has 2 amide bonds. The second-order valence-electron chi connectivity index (χ2n) is 4.59. The fraction of sp³-hybridized carbons (Fsp3) is 0.200. The van der Waals surface area contributed by atoms with E-state index >= 15 is 0 Å². The summed E-state index contributed by atoms with van der Waals surface area (Å²) in [6.45, 7) is 1.98. The fourth-order valence-corrected chi connectivity index (χ4v) is 3.05. The quantitative estimate of drug-likeness (QED) is 0.895. The Labute approximate surface area is 135 Å². The first-order valence-electron chi connectivity index (χ1n) is 6.33. The summed E-state index contributed by atoms with van der Waals surface area (Å²) < 4.78 is 0.914. The highest BCUT2D eigenvalue weighted by atomic mass is 79.9. The van der Waals surface area contributed by atoms with Crippen molar-refractivity contribution >= 4 is 44.8 Å². The highest BCUT2D eigenvalue weighted by Gasteiger charge is 2.12. The first kappa shape index (κ1) is 15.7. The molecular weight excluding hydrogens is 352 g/mol. The molecule has 21 heavy (non-hydrogen) atoms. The number of rotatable bonds is 4. The van der Waals surface area contributed by atoms with Gasteiger partial charge in [-0.2, -0.15) is 0 Å². The van der Waals surface area contributed by atoms with Crippen molar-refractivity contribution in [2.24, 2.45) is 0 Å². The Bertz CT molecular complexity index is 669. The summed E-state index contributed by atoms with van der Waals surface area (Å²) in [6, 6.07) is 11.1. The van der Waals surface area contributed by atoms with Crippen LogP contribution >= 0.6 is 27.3 Å². The number of hydrogen-bond acceptors (Lipinski definition) is 3. The number of nitrogens with zero attached hydrogens (tertiary/aromatic N) is 1. The number of halogens is 1. The monoisotopic (exact) mass is 366 g/mol. The molecule has 0 fully saturated rings. The van der Waals surface area contributed by atoms with Crippen LogP contribution in [0.25, 0.3) is 0 Å². The second-order valence-corrected chi connectivity index (χ2v) is 7.05. The number of para-hydroxylation sites is 1. The van der Waals surface area contributed by atoms with Crippen LogP contribution in [0.2, 0.25) is 0 Å². The molecule has 0 aliphatic carbocycles. The molecule has 0 radical (unpaired) electrons. The van der Waals surface area contributed by atoms with Crippen molar-refractivity contribution in [3.05, 3.63) is 50.6 Å². The van der Waals surface area contributed by atoms with E-state index in [1.807, 2.05) is 30.3 Å². The Kier molecular flexibility index (Phi) is 5.14. The summed E-state index contributed by atoms with van der Waals surface area (Å²) in [4.78, 5) is 25.8. The number of benzene rings is 1. The number of hydrogen-bond donors (Lipinski definition) is 1. The maximum absolute atomic E-state index is 12.2. The molecule has 2 rings (SSSR count). The number of thiophene rings is 1. The van der Waals surface area contributed by atoms with Gasteiger partial charge in [-0.05, 0) is 39.7 Å². The Morgan fingerprint density at radius 1 is 1.24 bits per heavy atom. The molecule has 0 atom stereocenters. The number of amides is 2. The van der Waals surface area contributed by atoms with Gasteiger partial charge in [-0.3, -0.25) is 9.59 Å². The maximum atomic E-state index is 12.2. The van der Waals surface area contributed by atoms with Gasteiger partial charge in [0.15, 0.2) is 0 Å². The topological polar surface area (TPSA) is 49.4 Å². The van der Waals surface area contributed by atoms with E-state index in [9.17, 15) is 9.59 Å². The van der Waals surface area contributed by atoms with Gasteiger partial charge in [0.2, 0.25) is 5.91 Å². The third-order valence-electron chi connectivity index (χ3n) is 3.01. The predicted octanol–water partition coefficient (Wildman–Crippen LogP) is 3.74. The summed E-state index contributed by atoms with van der Waals surface area (Å²) in [5, 5.41) is 2.90. The largest absolute Gasteiger partial charge is 0.342 e. The molecule has 0 bridgehead atoms. The van der Waals surface area contributed by atoms with Gasteiger partial charge in [-0.25, -0.2) is 0 Å². The summed E-state index contributed by atoms with van der Waals surface area (Å²) in [7, 11) is 1.73. The molecule has 0 aliphatic heterocycles. The van der Waals surface area contributed by atoms with E-state index in [4.69, 9.17) is 0 Å². The summed E-state index contributed by atoms with van der Waals surface area (Å²) in [5.41, 5.74) is 1.62. The van der Waals surface area contributed by atoms with Crippen molar-refractivity contribution in [1.82, 2.24) is 4.90 Å². The Morgan fingerprint density at radius 3 is 2.57 bits per heavy atom. The highest BCUT2D eigenvalue weighted by Crippen LogP contribution is 2.24. The van der Waals surface area contributed by atoms with Crippen LogP contribution in [-0.4, -0.2) is 23.8 Å². The summed E-state index contributed by atoms with van der Waals surface area (Å²) in [6.07, 6.45) is 0. The minimum Gasteiger partial charge on any atom is -0.342 e. The van der Waals surface area contributed by atoms with Gasteiger partial charge in [0.25, 0.3) is 5.91 Å². The normalized spacial score (nSPS) is 10.2. The van der Waals surface area contributed by atoms with E-state index in [0.29, 0.717) is 11.4 Å².